The van der Waals surface area contributed by atoms with E-state index in [1.54, 1.807) is 0 Å². The highest BCUT2D eigenvalue weighted by Gasteiger charge is 2.15. The number of aliphatic imine (C=N–C) groups is 1. The molecular weight excluding hydrogens is 208 g/mol. The summed E-state index contributed by atoms with van der Waals surface area (Å²) in [6.45, 7) is 3.01. The molecule has 0 atom stereocenters. The third-order valence-electron chi connectivity index (χ3n) is 2.89. The van der Waals surface area contributed by atoms with E-state index in [9.17, 15) is 0 Å². The Morgan fingerprint density at radius 3 is 2.93 bits per heavy atom. The van der Waals surface area contributed by atoms with Crippen molar-refractivity contribution in [2.24, 2.45) is 4.99 Å². The number of hydrogen-bond acceptors (Lipinski definition) is 1. The number of hydrogen-bond donors (Lipinski definition) is 1. The Kier molecular flexibility index (Phi) is 2.53. The van der Waals surface area contributed by atoms with Crippen LogP contribution in [-0.4, -0.2) is 17.2 Å². The van der Waals surface area contributed by atoms with Crippen LogP contribution in [0.1, 0.15) is 18.2 Å². The first-order valence-electron chi connectivity index (χ1n) is 4.97. The number of para-hydroxylation sites is 1. The molecular formula is C12H13ClN2. The average Bonchev–Trinajstić information content (AvgIpc) is 2.59. The minimum absolute atomic E-state index is 0. The molecule has 1 aromatic carbocycles. The topological polar surface area (TPSA) is 28.1 Å². The van der Waals surface area contributed by atoms with E-state index in [-0.39, 0.29) is 12.4 Å². The normalized spacial score (nSPS) is 14.3. The van der Waals surface area contributed by atoms with Crippen molar-refractivity contribution in [2.75, 3.05) is 6.54 Å². The molecule has 2 heterocycles. The van der Waals surface area contributed by atoms with Gasteiger partial charge in [0.05, 0.1) is 11.4 Å². The summed E-state index contributed by atoms with van der Waals surface area (Å²) >= 11 is 0. The lowest BCUT2D eigenvalue weighted by molar-refractivity contribution is 0.945. The quantitative estimate of drug-likeness (QED) is 0.707. The van der Waals surface area contributed by atoms with Gasteiger partial charge in [-0.2, -0.15) is 0 Å². The van der Waals surface area contributed by atoms with E-state index in [4.69, 9.17) is 0 Å². The van der Waals surface area contributed by atoms with Crippen molar-refractivity contribution in [3.63, 3.8) is 0 Å². The molecule has 2 aromatic rings. The standard InChI is InChI=1S/C12H12N2.ClH/c1-8-12-10(6-7-13-8)9-4-2-3-5-11(9)14-12;/h2-5,14H,6-7H2,1H3;1H. The van der Waals surface area contributed by atoms with Crippen molar-refractivity contribution in [3.05, 3.63) is 35.5 Å². The molecule has 78 valence electrons. The van der Waals surface area contributed by atoms with Crippen molar-refractivity contribution in [1.29, 1.82) is 0 Å². The fourth-order valence-electron chi connectivity index (χ4n) is 2.18. The summed E-state index contributed by atoms with van der Waals surface area (Å²) in [5, 5.41) is 1.36. The van der Waals surface area contributed by atoms with Crippen LogP contribution < -0.4 is 0 Å². The third kappa shape index (κ3) is 1.45. The van der Waals surface area contributed by atoms with Crippen LogP contribution in [0.5, 0.6) is 0 Å². The van der Waals surface area contributed by atoms with Gasteiger partial charge in [-0.15, -0.1) is 12.4 Å². The predicted molar refractivity (Wildman–Crippen MR) is 66.3 cm³/mol. The molecule has 0 saturated heterocycles. The summed E-state index contributed by atoms with van der Waals surface area (Å²) < 4.78 is 0. The van der Waals surface area contributed by atoms with Gasteiger partial charge in [-0.1, -0.05) is 18.2 Å². The minimum Gasteiger partial charge on any atom is -0.353 e. The monoisotopic (exact) mass is 220 g/mol. The van der Waals surface area contributed by atoms with E-state index in [1.165, 1.54) is 22.2 Å². The summed E-state index contributed by atoms with van der Waals surface area (Å²) in [5.74, 6) is 0. The molecule has 0 amide bonds. The summed E-state index contributed by atoms with van der Waals surface area (Å²) in [6.07, 6.45) is 1.07. The second-order valence-electron chi connectivity index (χ2n) is 3.74. The number of aromatic amines is 1. The zero-order valence-corrected chi connectivity index (χ0v) is 9.40. The maximum absolute atomic E-state index is 4.45. The second kappa shape index (κ2) is 3.70. The van der Waals surface area contributed by atoms with Crippen LogP contribution in [0.2, 0.25) is 0 Å². The lowest BCUT2D eigenvalue weighted by atomic mass is 10.0. The molecule has 3 heteroatoms. The largest absolute Gasteiger partial charge is 0.353 e. The molecule has 0 spiro atoms. The number of benzene rings is 1. The van der Waals surface area contributed by atoms with E-state index >= 15 is 0 Å². The predicted octanol–water partition coefficient (Wildman–Crippen LogP) is 2.95. The summed E-state index contributed by atoms with van der Waals surface area (Å²) in [5.41, 5.74) is 5.04. The lowest BCUT2D eigenvalue weighted by Gasteiger charge is -2.08. The minimum atomic E-state index is 0. The van der Waals surface area contributed by atoms with Gasteiger partial charge in [0.2, 0.25) is 0 Å². The maximum Gasteiger partial charge on any atom is 0.0635 e. The van der Waals surface area contributed by atoms with Crippen LogP contribution in [0.4, 0.5) is 0 Å². The Balaban J connectivity index is 0.000000853. The smallest absolute Gasteiger partial charge is 0.0635 e. The van der Waals surface area contributed by atoms with E-state index in [0.717, 1.165) is 18.7 Å². The number of fused-ring (bicyclic) bond motifs is 3. The molecule has 15 heavy (non-hydrogen) atoms. The molecule has 0 radical (unpaired) electrons. The number of halogens is 1. The molecule has 3 rings (SSSR count). The molecule has 0 saturated carbocycles. The molecule has 0 aliphatic carbocycles. The Labute approximate surface area is 94.8 Å². The van der Waals surface area contributed by atoms with Gasteiger partial charge in [0.25, 0.3) is 0 Å². The van der Waals surface area contributed by atoms with Crippen molar-refractivity contribution in [1.82, 2.24) is 4.98 Å². The molecule has 0 unspecified atom stereocenters. The van der Waals surface area contributed by atoms with Crippen LogP contribution >= 0.6 is 12.4 Å². The highest BCUT2D eigenvalue weighted by molar-refractivity contribution is 6.04. The summed E-state index contributed by atoms with van der Waals surface area (Å²) in [6, 6.07) is 8.47. The van der Waals surface area contributed by atoms with Crippen molar-refractivity contribution in [3.8, 4) is 0 Å². The van der Waals surface area contributed by atoms with Crippen molar-refractivity contribution in [2.45, 2.75) is 13.3 Å². The van der Waals surface area contributed by atoms with E-state index in [2.05, 4.69) is 41.2 Å². The van der Waals surface area contributed by atoms with Crippen molar-refractivity contribution >= 4 is 29.0 Å². The van der Waals surface area contributed by atoms with Gasteiger partial charge < -0.3 is 4.98 Å². The van der Waals surface area contributed by atoms with E-state index < -0.39 is 0 Å². The van der Waals surface area contributed by atoms with Crippen LogP contribution in [-0.2, 0) is 6.42 Å². The fourth-order valence-corrected chi connectivity index (χ4v) is 2.18. The molecule has 1 N–H and O–H groups in total. The number of H-pyrrole nitrogens is 1. The van der Waals surface area contributed by atoms with Crippen LogP contribution in [0.3, 0.4) is 0 Å². The molecule has 1 aromatic heterocycles. The fraction of sp³-hybridized carbons (Fsp3) is 0.250. The summed E-state index contributed by atoms with van der Waals surface area (Å²) in [4.78, 5) is 7.89. The number of nitrogens with zero attached hydrogens (tertiary/aromatic N) is 1. The Morgan fingerprint density at radius 2 is 2.07 bits per heavy atom. The zero-order valence-electron chi connectivity index (χ0n) is 8.58. The third-order valence-corrected chi connectivity index (χ3v) is 2.89. The van der Waals surface area contributed by atoms with Gasteiger partial charge in [-0.3, -0.25) is 4.99 Å². The highest BCUT2D eigenvalue weighted by atomic mass is 35.5. The molecule has 2 nitrogen and oxygen atoms in total. The van der Waals surface area contributed by atoms with Gasteiger partial charge in [0, 0.05) is 17.4 Å². The Bertz CT molecular complexity index is 525. The molecule has 1 aliphatic heterocycles. The first-order valence-corrected chi connectivity index (χ1v) is 4.97. The lowest BCUT2D eigenvalue weighted by Crippen LogP contribution is -2.08. The van der Waals surface area contributed by atoms with Gasteiger partial charge in [-0.05, 0) is 25.0 Å². The number of nitrogens with one attached hydrogen (secondary N) is 1. The first-order chi connectivity index (χ1) is 6.86. The Morgan fingerprint density at radius 1 is 1.27 bits per heavy atom. The molecule has 0 fully saturated rings. The first kappa shape index (κ1) is 10.2. The van der Waals surface area contributed by atoms with Gasteiger partial charge >= 0.3 is 0 Å². The molecule has 0 bridgehead atoms. The molecule has 1 aliphatic rings. The van der Waals surface area contributed by atoms with Gasteiger partial charge in [0.15, 0.2) is 0 Å². The average molecular weight is 221 g/mol. The van der Waals surface area contributed by atoms with Crippen molar-refractivity contribution < 1.29 is 0 Å². The van der Waals surface area contributed by atoms with Crippen LogP contribution in [0.15, 0.2) is 29.3 Å². The SMILES string of the molecule is CC1=NCCc2c1[nH]c1ccccc21.Cl. The maximum atomic E-state index is 4.45. The van der Waals surface area contributed by atoms with Gasteiger partial charge in [0.1, 0.15) is 0 Å². The van der Waals surface area contributed by atoms with E-state index in [1.807, 2.05) is 0 Å². The van der Waals surface area contributed by atoms with Crippen LogP contribution in [0.25, 0.3) is 10.9 Å². The number of aromatic nitrogens is 1. The second-order valence-corrected chi connectivity index (χ2v) is 3.74. The highest BCUT2D eigenvalue weighted by Crippen LogP contribution is 2.25. The zero-order chi connectivity index (χ0) is 9.54. The van der Waals surface area contributed by atoms with E-state index in [0.29, 0.717) is 0 Å². The summed E-state index contributed by atoms with van der Waals surface area (Å²) in [7, 11) is 0. The Hall–Kier alpha value is -1.28. The number of rotatable bonds is 0. The van der Waals surface area contributed by atoms with Gasteiger partial charge in [-0.25, -0.2) is 0 Å². The van der Waals surface area contributed by atoms with Crippen LogP contribution in [0, 0.1) is 0 Å².